The molecule has 22 heavy (non-hydrogen) atoms. The summed E-state index contributed by atoms with van der Waals surface area (Å²) in [5.74, 6) is -0.0982. The predicted octanol–water partition coefficient (Wildman–Crippen LogP) is 2.30. The van der Waals surface area contributed by atoms with Crippen LogP contribution in [-0.2, 0) is 17.8 Å². The highest BCUT2D eigenvalue weighted by atomic mass is 16.2. The number of likely N-dealkylation sites (N-methyl/N-ethyl adjacent to an activating group) is 1. The standard InChI is InChI=1S/C17H19N3O2/c1-18-16(21)11-14-9-5-6-10-15(14)20-17(22)19-12-13-7-3-2-4-8-13/h2-10H,11-12H2,1H3,(H,18,21)(H2,19,20,22). The van der Waals surface area contributed by atoms with Gasteiger partial charge in [-0.1, -0.05) is 48.5 Å². The maximum Gasteiger partial charge on any atom is 0.319 e. The third kappa shape index (κ3) is 4.63. The van der Waals surface area contributed by atoms with Crippen LogP contribution in [0.2, 0.25) is 0 Å². The van der Waals surface area contributed by atoms with Crippen LogP contribution in [0.5, 0.6) is 0 Å². The van der Waals surface area contributed by atoms with Crippen LogP contribution < -0.4 is 16.0 Å². The molecule has 0 unspecified atom stereocenters. The van der Waals surface area contributed by atoms with E-state index in [2.05, 4.69) is 16.0 Å². The first-order chi connectivity index (χ1) is 10.7. The van der Waals surface area contributed by atoms with Crippen molar-refractivity contribution in [2.24, 2.45) is 0 Å². The van der Waals surface area contributed by atoms with Gasteiger partial charge in [0.15, 0.2) is 0 Å². The number of anilines is 1. The number of hydrogen-bond donors (Lipinski definition) is 3. The Morgan fingerprint density at radius 2 is 1.64 bits per heavy atom. The molecule has 3 N–H and O–H groups in total. The Balaban J connectivity index is 1.95. The molecule has 3 amide bonds. The third-order valence-corrected chi connectivity index (χ3v) is 3.19. The number of amides is 3. The normalized spacial score (nSPS) is 9.86. The number of nitrogens with one attached hydrogen (secondary N) is 3. The SMILES string of the molecule is CNC(=O)Cc1ccccc1NC(=O)NCc1ccccc1. The van der Waals surface area contributed by atoms with Crippen LogP contribution in [0.4, 0.5) is 10.5 Å². The van der Waals surface area contributed by atoms with E-state index in [1.54, 1.807) is 13.1 Å². The van der Waals surface area contributed by atoms with Crippen molar-refractivity contribution in [1.82, 2.24) is 10.6 Å². The number of hydrogen-bond acceptors (Lipinski definition) is 2. The van der Waals surface area contributed by atoms with Gasteiger partial charge in [0, 0.05) is 19.3 Å². The lowest BCUT2D eigenvalue weighted by Gasteiger charge is -2.11. The Hall–Kier alpha value is -2.82. The van der Waals surface area contributed by atoms with Crippen molar-refractivity contribution in [3.8, 4) is 0 Å². The van der Waals surface area contributed by atoms with Gasteiger partial charge in [-0.25, -0.2) is 4.79 Å². The Morgan fingerprint density at radius 3 is 2.36 bits per heavy atom. The molecule has 0 radical (unpaired) electrons. The molecule has 0 saturated heterocycles. The topological polar surface area (TPSA) is 70.2 Å². The fraction of sp³-hybridized carbons (Fsp3) is 0.176. The van der Waals surface area contributed by atoms with Gasteiger partial charge in [-0.05, 0) is 17.2 Å². The Labute approximate surface area is 129 Å². The first kappa shape index (κ1) is 15.6. The van der Waals surface area contributed by atoms with Gasteiger partial charge in [0.2, 0.25) is 5.91 Å². The van der Waals surface area contributed by atoms with E-state index in [1.807, 2.05) is 48.5 Å². The van der Waals surface area contributed by atoms with Crippen molar-refractivity contribution in [1.29, 1.82) is 0 Å². The van der Waals surface area contributed by atoms with Crippen LogP contribution >= 0.6 is 0 Å². The van der Waals surface area contributed by atoms with E-state index in [1.165, 1.54) is 0 Å². The fourth-order valence-electron chi connectivity index (χ4n) is 2.00. The summed E-state index contributed by atoms with van der Waals surface area (Å²) in [6.45, 7) is 0.449. The molecule has 0 heterocycles. The van der Waals surface area contributed by atoms with E-state index in [9.17, 15) is 9.59 Å². The molecule has 0 aliphatic carbocycles. The Morgan fingerprint density at radius 1 is 0.955 bits per heavy atom. The van der Waals surface area contributed by atoms with Gasteiger partial charge in [-0.15, -0.1) is 0 Å². The number of urea groups is 1. The maximum absolute atomic E-state index is 12.0. The van der Waals surface area contributed by atoms with Crippen molar-refractivity contribution in [2.75, 3.05) is 12.4 Å². The number of rotatable bonds is 5. The fourth-order valence-corrected chi connectivity index (χ4v) is 2.00. The first-order valence-corrected chi connectivity index (χ1v) is 7.06. The molecule has 0 spiro atoms. The van der Waals surface area contributed by atoms with Crippen molar-refractivity contribution >= 4 is 17.6 Å². The number of benzene rings is 2. The Kier molecular flexibility index (Phi) is 5.54. The summed E-state index contributed by atoms with van der Waals surface area (Å²) in [6.07, 6.45) is 0.228. The van der Waals surface area contributed by atoms with E-state index in [-0.39, 0.29) is 18.4 Å². The molecule has 5 heteroatoms. The van der Waals surface area contributed by atoms with Gasteiger partial charge in [0.05, 0.1) is 6.42 Å². The van der Waals surface area contributed by atoms with Crippen LogP contribution in [-0.4, -0.2) is 19.0 Å². The van der Waals surface area contributed by atoms with Gasteiger partial charge >= 0.3 is 6.03 Å². The van der Waals surface area contributed by atoms with Crippen LogP contribution in [0.3, 0.4) is 0 Å². The highest BCUT2D eigenvalue weighted by Crippen LogP contribution is 2.15. The molecule has 5 nitrogen and oxygen atoms in total. The summed E-state index contributed by atoms with van der Waals surface area (Å²) in [6, 6.07) is 16.6. The van der Waals surface area contributed by atoms with Crippen molar-refractivity contribution in [2.45, 2.75) is 13.0 Å². The molecule has 2 aromatic carbocycles. The average Bonchev–Trinajstić information content (AvgIpc) is 2.55. The van der Waals surface area contributed by atoms with Crippen LogP contribution in [0.1, 0.15) is 11.1 Å². The third-order valence-electron chi connectivity index (χ3n) is 3.19. The zero-order valence-electron chi connectivity index (χ0n) is 12.4. The summed E-state index contributed by atoms with van der Waals surface area (Å²) >= 11 is 0. The van der Waals surface area contributed by atoms with E-state index in [0.29, 0.717) is 12.2 Å². The van der Waals surface area contributed by atoms with Gasteiger partial charge < -0.3 is 16.0 Å². The average molecular weight is 297 g/mol. The summed E-state index contributed by atoms with van der Waals surface area (Å²) < 4.78 is 0. The second kappa shape index (κ2) is 7.83. The minimum absolute atomic E-state index is 0.0982. The van der Waals surface area contributed by atoms with Gasteiger partial charge in [-0.2, -0.15) is 0 Å². The second-order valence-corrected chi connectivity index (χ2v) is 4.80. The highest BCUT2D eigenvalue weighted by Gasteiger charge is 2.09. The second-order valence-electron chi connectivity index (χ2n) is 4.80. The van der Waals surface area contributed by atoms with Crippen LogP contribution in [0.25, 0.3) is 0 Å². The van der Waals surface area contributed by atoms with E-state index >= 15 is 0 Å². The molecular formula is C17H19N3O2. The molecule has 0 fully saturated rings. The molecule has 0 atom stereocenters. The highest BCUT2D eigenvalue weighted by molar-refractivity contribution is 5.91. The first-order valence-electron chi connectivity index (χ1n) is 7.06. The molecule has 0 bridgehead atoms. The molecule has 0 aliphatic heterocycles. The molecule has 114 valence electrons. The molecular weight excluding hydrogens is 278 g/mol. The minimum Gasteiger partial charge on any atom is -0.359 e. The maximum atomic E-state index is 12.0. The molecule has 0 aromatic heterocycles. The summed E-state index contributed by atoms with van der Waals surface area (Å²) in [5, 5.41) is 8.14. The van der Waals surface area contributed by atoms with E-state index < -0.39 is 0 Å². The Bertz CT molecular complexity index is 641. The zero-order valence-corrected chi connectivity index (χ0v) is 12.4. The quantitative estimate of drug-likeness (QED) is 0.792. The monoisotopic (exact) mass is 297 g/mol. The summed E-state index contributed by atoms with van der Waals surface area (Å²) in [7, 11) is 1.59. The number of para-hydroxylation sites is 1. The van der Waals surface area contributed by atoms with Crippen LogP contribution in [0.15, 0.2) is 54.6 Å². The van der Waals surface area contributed by atoms with Crippen molar-refractivity contribution in [3.05, 3.63) is 65.7 Å². The lowest BCUT2D eigenvalue weighted by Crippen LogP contribution is -2.29. The van der Waals surface area contributed by atoms with Crippen LogP contribution in [0, 0.1) is 0 Å². The van der Waals surface area contributed by atoms with E-state index in [0.717, 1.165) is 11.1 Å². The summed E-state index contributed by atoms with van der Waals surface area (Å²) in [4.78, 5) is 23.5. The van der Waals surface area contributed by atoms with Gasteiger partial charge in [0.1, 0.15) is 0 Å². The summed E-state index contributed by atoms with van der Waals surface area (Å²) in [5.41, 5.74) is 2.43. The van der Waals surface area contributed by atoms with Crippen molar-refractivity contribution < 1.29 is 9.59 Å². The zero-order chi connectivity index (χ0) is 15.8. The number of carbonyl (C=O) groups is 2. The molecule has 0 aliphatic rings. The van der Waals surface area contributed by atoms with E-state index in [4.69, 9.17) is 0 Å². The minimum atomic E-state index is -0.298. The van der Waals surface area contributed by atoms with Crippen molar-refractivity contribution in [3.63, 3.8) is 0 Å². The smallest absolute Gasteiger partial charge is 0.319 e. The lowest BCUT2D eigenvalue weighted by atomic mass is 10.1. The number of carbonyl (C=O) groups excluding carboxylic acids is 2. The van der Waals surface area contributed by atoms with Gasteiger partial charge in [0.25, 0.3) is 0 Å². The predicted molar refractivity (Wildman–Crippen MR) is 86.5 cm³/mol. The molecule has 2 rings (SSSR count). The lowest BCUT2D eigenvalue weighted by molar-refractivity contribution is -0.119. The largest absolute Gasteiger partial charge is 0.359 e. The molecule has 2 aromatic rings. The van der Waals surface area contributed by atoms with Gasteiger partial charge in [-0.3, -0.25) is 4.79 Å². The molecule has 0 saturated carbocycles.